The number of ether oxygens (including phenoxy) is 1. The molecule has 0 unspecified atom stereocenters. The Labute approximate surface area is 190 Å². The first-order valence-electron chi connectivity index (χ1n) is 9.54. The largest absolute Gasteiger partial charge is 0.462 e. The molecule has 0 atom stereocenters. The van der Waals surface area contributed by atoms with E-state index < -0.39 is 21.9 Å². The summed E-state index contributed by atoms with van der Waals surface area (Å²) in [6.07, 6.45) is -0.0155. The third kappa shape index (κ3) is 6.11. The lowest BCUT2D eigenvalue weighted by Crippen LogP contribution is -2.32. The summed E-state index contributed by atoms with van der Waals surface area (Å²) in [6.45, 7) is 3.47. The van der Waals surface area contributed by atoms with Gasteiger partial charge in [0.1, 0.15) is 4.88 Å². The topological polar surface area (TPSA) is 153 Å². The standard InChI is InChI=1S/C20H21N5O5S2/c1-3-30-19(27)17-14(2)23-20(31-17)24-18(26)15-6-8-16(9-7-15)32(28,29)25(12-4-10-21)13-5-11-22/h6-9H,3-5,12-13H2,1-2H3,(H,23,24,26). The van der Waals surface area contributed by atoms with E-state index in [0.29, 0.717) is 10.6 Å². The van der Waals surface area contributed by atoms with Gasteiger partial charge in [0.15, 0.2) is 5.13 Å². The van der Waals surface area contributed by atoms with Gasteiger partial charge in [-0.25, -0.2) is 18.2 Å². The second-order valence-electron chi connectivity index (χ2n) is 6.35. The zero-order valence-electron chi connectivity index (χ0n) is 17.5. The number of carbonyl (C=O) groups is 2. The third-order valence-electron chi connectivity index (χ3n) is 4.18. The molecule has 12 heteroatoms. The van der Waals surface area contributed by atoms with Gasteiger partial charge in [0.25, 0.3) is 5.91 Å². The van der Waals surface area contributed by atoms with E-state index in [0.717, 1.165) is 15.6 Å². The predicted octanol–water partition coefficient (Wildman–Crippen LogP) is 2.70. The van der Waals surface area contributed by atoms with Crippen molar-refractivity contribution in [2.75, 3.05) is 25.0 Å². The molecule has 168 valence electrons. The van der Waals surface area contributed by atoms with Crippen LogP contribution in [0.3, 0.4) is 0 Å². The number of aromatic nitrogens is 1. The van der Waals surface area contributed by atoms with Gasteiger partial charge in [-0.1, -0.05) is 11.3 Å². The maximum atomic E-state index is 12.8. The molecule has 1 aromatic carbocycles. The Morgan fingerprint density at radius 3 is 2.28 bits per heavy atom. The van der Waals surface area contributed by atoms with Gasteiger partial charge in [-0.3, -0.25) is 10.1 Å². The zero-order chi connectivity index (χ0) is 23.7. The Balaban J connectivity index is 2.17. The number of rotatable bonds is 10. The second-order valence-corrected chi connectivity index (χ2v) is 9.29. The summed E-state index contributed by atoms with van der Waals surface area (Å²) in [5.74, 6) is -1.04. The molecule has 32 heavy (non-hydrogen) atoms. The van der Waals surface area contributed by atoms with Gasteiger partial charge in [-0.05, 0) is 38.1 Å². The first-order chi connectivity index (χ1) is 15.2. The summed E-state index contributed by atoms with van der Waals surface area (Å²) < 4.78 is 31.7. The number of thiazole rings is 1. The minimum atomic E-state index is -3.93. The van der Waals surface area contributed by atoms with E-state index in [1.165, 1.54) is 24.3 Å². The number of nitrogens with one attached hydrogen (secondary N) is 1. The normalized spacial score (nSPS) is 10.9. The van der Waals surface area contributed by atoms with E-state index in [1.54, 1.807) is 13.8 Å². The van der Waals surface area contributed by atoms with Crippen LogP contribution in [0.25, 0.3) is 0 Å². The van der Waals surface area contributed by atoms with Crippen LogP contribution in [0.2, 0.25) is 0 Å². The number of nitrogens with zero attached hydrogens (tertiary/aromatic N) is 4. The summed E-state index contributed by atoms with van der Waals surface area (Å²) in [5, 5.41) is 20.3. The fourth-order valence-corrected chi connectivity index (χ4v) is 4.93. The average molecular weight is 476 g/mol. The fourth-order valence-electron chi connectivity index (χ4n) is 2.63. The van der Waals surface area contributed by atoms with Crippen molar-refractivity contribution in [3.05, 3.63) is 40.4 Å². The van der Waals surface area contributed by atoms with Gasteiger partial charge in [0.05, 0.1) is 29.3 Å². The van der Waals surface area contributed by atoms with Crippen molar-refractivity contribution < 1.29 is 22.7 Å². The zero-order valence-corrected chi connectivity index (χ0v) is 19.1. The molecule has 1 aromatic heterocycles. The van der Waals surface area contributed by atoms with Crippen LogP contribution in [-0.2, 0) is 14.8 Å². The second kappa shape index (κ2) is 11.3. The van der Waals surface area contributed by atoms with Crippen molar-refractivity contribution in [2.24, 2.45) is 0 Å². The molecule has 2 rings (SSSR count). The number of sulfonamides is 1. The van der Waals surface area contributed by atoms with Gasteiger partial charge >= 0.3 is 5.97 Å². The molecule has 1 amide bonds. The summed E-state index contributed by atoms with van der Waals surface area (Å²) in [5.41, 5.74) is 0.620. The molecule has 0 radical (unpaired) electrons. The average Bonchev–Trinajstić information content (AvgIpc) is 3.13. The van der Waals surface area contributed by atoms with E-state index >= 15 is 0 Å². The molecule has 0 saturated carbocycles. The first kappa shape index (κ1) is 24.9. The molecular weight excluding hydrogens is 454 g/mol. The summed E-state index contributed by atoms with van der Waals surface area (Å²) in [6, 6.07) is 9.05. The minimum absolute atomic E-state index is 0.00777. The lowest BCUT2D eigenvalue weighted by atomic mass is 10.2. The van der Waals surface area contributed by atoms with Crippen LogP contribution in [0, 0.1) is 29.6 Å². The first-order valence-corrected chi connectivity index (χ1v) is 11.8. The maximum absolute atomic E-state index is 12.8. The number of nitriles is 2. The summed E-state index contributed by atoms with van der Waals surface area (Å²) in [4.78, 5) is 28.8. The van der Waals surface area contributed by atoms with E-state index in [1.807, 2.05) is 12.1 Å². The molecule has 2 aromatic rings. The Morgan fingerprint density at radius 2 is 1.75 bits per heavy atom. The molecule has 0 aliphatic rings. The molecule has 0 saturated heterocycles. The highest BCUT2D eigenvalue weighted by atomic mass is 32.2. The van der Waals surface area contributed by atoms with Crippen molar-refractivity contribution in [1.29, 1.82) is 10.5 Å². The number of hydrogen-bond donors (Lipinski definition) is 1. The summed E-state index contributed by atoms with van der Waals surface area (Å²) >= 11 is 0.984. The van der Waals surface area contributed by atoms with Crippen LogP contribution >= 0.6 is 11.3 Å². The van der Waals surface area contributed by atoms with Gasteiger partial charge in [0, 0.05) is 31.5 Å². The number of benzene rings is 1. The molecule has 0 spiro atoms. The SMILES string of the molecule is CCOC(=O)c1sc(NC(=O)c2ccc(S(=O)(=O)N(CCC#N)CCC#N)cc2)nc1C. The smallest absolute Gasteiger partial charge is 0.350 e. The Kier molecular flexibility index (Phi) is 8.84. The highest BCUT2D eigenvalue weighted by molar-refractivity contribution is 7.89. The Morgan fingerprint density at radius 1 is 1.16 bits per heavy atom. The van der Waals surface area contributed by atoms with Gasteiger partial charge in [0.2, 0.25) is 10.0 Å². The lowest BCUT2D eigenvalue weighted by Gasteiger charge is -2.20. The van der Waals surface area contributed by atoms with Crippen molar-refractivity contribution in [3.63, 3.8) is 0 Å². The van der Waals surface area contributed by atoms with Gasteiger partial charge < -0.3 is 4.74 Å². The highest BCUT2D eigenvalue weighted by Gasteiger charge is 2.24. The third-order valence-corrected chi connectivity index (χ3v) is 7.14. The predicted molar refractivity (Wildman–Crippen MR) is 116 cm³/mol. The molecular formula is C20H21N5O5S2. The van der Waals surface area contributed by atoms with Crippen LogP contribution in [0.4, 0.5) is 5.13 Å². The van der Waals surface area contributed by atoms with Crippen molar-refractivity contribution in [3.8, 4) is 12.1 Å². The molecule has 0 fully saturated rings. The van der Waals surface area contributed by atoms with E-state index in [4.69, 9.17) is 15.3 Å². The van der Waals surface area contributed by atoms with Crippen molar-refractivity contribution in [2.45, 2.75) is 31.6 Å². The number of amides is 1. The minimum Gasteiger partial charge on any atom is -0.462 e. The molecule has 0 aliphatic heterocycles. The number of aryl methyl sites for hydroxylation is 1. The number of carbonyl (C=O) groups excluding carboxylic acids is 2. The number of esters is 1. The van der Waals surface area contributed by atoms with Crippen LogP contribution < -0.4 is 5.32 Å². The Hall–Kier alpha value is -3.32. The Bertz CT molecular complexity index is 1140. The number of hydrogen-bond acceptors (Lipinski definition) is 9. The van der Waals surface area contributed by atoms with Crippen LogP contribution in [-0.4, -0.2) is 49.3 Å². The number of anilines is 1. The summed E-state index contributed by atoms with van der Waals surface area (Å²) in [7, 11) is -3.93. The molecule has 1 N–H and O–H groups in total. The van der Waals surface area contributed by atoms with E-state index in [9.17, 15) is 18.0 Å². The van der Waals surface area contributed by atoms with Crippen LogP contribution in [0.5, 0.6) is 0 Å². The molecule has 10 nitrogen and oxygen atoms in total. The highest BCUT2D eigenvalue weighted by Crippen LogP contribution is 2.24. The van der Waals surface area contributed by atoms with E-state index in [2.05, 4.69) is 10.3 Å². The van der Waals surface area contributed by atoms with Crippen molar-refractivity contribution in [1.82, 2.24) is 9.29 Å². The van der Waals surface area contributed by atoms with Crippen molar-refractivity contribution >= 4 is 38.4 Å². The quantitative estimate of drug-likeness (QED) is 0.515. The molecule has 1 heterocycles. The van der Waals surface area contributed by atoms with Crippen LogP contribution in [0.15, 0.2) is 29.2 Å². The van der Waals surface area contributed by atoms with E-state index in [-0.39, 0.29) is 48.1 Å². The van der Waals surface area contributed by atoms with Gasteiger partial charge in [-0.15, -0.1) is 0 Å². The lowest BCUT2D eigenvalue weighted by molar-refractivity contribution is 0.0531. The van der Waals surface area contributed by atoms with Gasteiger partial charge in [-0.2, -0.15) is 14.8 Å². The fraction of sp³-hybridized carbons (Fsp3) is 0.350. The van der Waals surface area contributed by atoms with Crippen LogP contribution in [0.1, 0.15) is 45.5 Å². The monoisotopic (exact) mass is 475 g/mol. The molecule has 0 aliphatic carbocycles. The maximum Gasteiger partial charge on any atom is 0.350 e. The molecule has 0 bridgehead atoms.